The lowest BCUT2D eigenvalue weighted by Crippen LogP contribution is -2.25. The van der Waals surface area contributed by atoms with Crippen molar-refractivity contribution in [2.45, 2.75) is 25.4 Å². The maximum atomic E-state index is 13.8. The summed E-state index contributed by atoms with van der Waals surface area (Å²) >= 11 is 3.09. The van der Waals surface area contributed by atoms with E-state index >= 15 is 0 Å². The summed E-state index contributed by atoms with van der Waals surface area (Å²) in [6.07, 6.45) is 3.22. The third kappa shape index (κ3) is 2.04. The largest absolute Gasteiger partial charge is 0.487 e. The lowest BCUT2D eigenvalue weighted by Gasteiger charge is -2.26. The smallest absolute Gasteiger partial charge is 0.179 e. The van der Waals surface area contributed by atoms with Crippen molar-refractivity contribution in [3.8, 4) is 5.75 Å². The van der Waals surface area contributed by atoms with Gasteiger partial charge in [-0.1, -0.05) is 0 Å². The molecular weight excluding hydrogens is 275 g/mol. The third-order valence-corrected chi connectivity index (χ3v) is 3.46. The summed E-state index contributed by atoms with van der Waals surface area (Å²) in [7, 11) is 0. The van der Waals surface area contributed by atoms with Crippen LogP contribution in [0.15, 0.2) is 16.6 Å². The van der Waals surface area contributed by atoms with Gasteiger partial charge in [-0.05, 0) is 47.3 Å². The molecule has 0 spiro atoms. The minimum absolute atomic E-state index is 0.129. The van der Waals surface area contributed by atoms with E-state index < -0.39 is 5.82 Å². The van der Waals surface area contributed by atoms with Crippen molar-refractivity contribution < 1.29 is 9.13 Å². The van der Waals surface area contributed by atoms with Gasteiger partial charge in [0.2, 0.25) is 0 Å². The summed E-state index contributed by atoms with van der Waals surface area (Å²) in [5, 5.41) is 7.27. The van der Waals surface area contributed by atoms with Crippen molar-refractivity contribution in [3.05, 3.63) is 28.0 Å². The number of nitrogens with one attached hydrogen (secondary N) is 1. The van der Waals surface area contributed by atoms with E-state index in [2.05, 4.69) is 15.9 Å². The molecule has 16 heavy (non-hydrogen) atoms. The van der Waals surface area contributed by atoms with Crippen LogP contribution in [0.3, 0.4) is 0 Å². The lowest BCUT2D eigenvalue weighted by molar-refractivity contribution is 0.115. The van der Waals surface area contributed by atoms with Gasteiger partial charge in [-0.15, -0.1) is 0 Å². The van der Waals surface area contributed by atoms with Crippen molar-refractivity contribution in [1.82, 2.24) is 0 Å². The third-order valence-electron chi connectivity index (χ3n) is 2.68. The van der Waals surface area contributed by atoms with Gasteiger partial charge in [-0.3, -0.25) is 5.41 Å². The summed E-state index contributed by atoms with van der Waals surface area (Å²) in [4.78, 5) is 0. The van der Waals surface area contributed by atoms with E-state index in [9.17, 15) is 4.39 Å². The van der Waals surface area contributed by atoms with Crippen LogP contribution in [0.5, 0.6) is 5.75 Å². The molecule has 86 valence electrons. The van der Waals surface area contributed by atoms with Crippen molar-refractivity contribution in [3.63, 3.8) is 0 Å². The molecule has 1 aliphatic rings. The Hall–Kier alpha value is -1.10. The zero-order valence-electron chi connectivity index (χ0n) is 8.59. The zero-order valence-corrected chi connectivity index (χ0v) is 10.2. The molecule has 0 aliphatic heterocycles. The second kappa shape index (κ2) is 4.41. The molecule has 1 aliphatic carbocycles. The van der Waals surface area contributed by atoms with E-state index in [0.717, 1.165) is 19.3 Å². The Balaban J connectivity index is 2.26. The lowest BCUT2D eigenvalue weighted by atomic mass is 9.96. The predicted octanol–water partition coefficient (Wildman–Crippen LogP) is 2.80. The Bertz CT molecular complexity index is 432. The number of amidine groups is 1. The summed E-state index contributed by atoms with van der Waals surface area (Å²) in [5.41, 5.74) is 5.66. The average Bonchev–Trinajstić information content (AvgIpc) is 2.17. The first-order chi connectivity index (χ1) is 7.59. The van der Waals surface area contributed by atoms with Gasteiger partial charge in [0, 0.05) is 5.56 Å². The quantitative estimate of drug-likeness (QED) is 0.663. The number of benzene rings is 1. The fourth-order valence-electron chi connectivity index (χ4n) is 1.50. The summed E-state index contributed by atoms with van der Waals surface area (Å²) < 4.78 is 19.5. The maximum Gasteiger partial charge on any atom is 0.179 e. The first-order valence-electron chi connectivity index (χ1n) is 5.08. The number of hydrogen-bond acceptors (Lipinski definition) is 2. The van der Waals surface area contributed by atoms with Crippen LogP contribution in [0.2, 0.25) is 0 Å². The molecule has 0 radical (unpaired) electrons. The van der Waals surface area contributed by atoms with Crippen LogP contribution in [0.1, 0.15) is 24.8 Å². The molecule has 0 unspecified atom stereocenters. The van der Waals surface area contributed by atoms with Gasteiger partial charge >= 0.3 is 0 Å². The fourth-order valence-corrected chi connectivity index (χ4v) is 2.04. The average molecular weight is 287 g/mol. The highest BCUT2D eigenvalue weighted by molar-refractivity contribution is 9.10. The molecule has 3 nitrogen and oxygen atoms in total. The molecule has 5 heteroatoms. The number of hydrogen-bond donors (Lipinski definition) is 2. The van der Waals surface area contributed by atoms with Gasteiger partial charge in [-0.2, -0.15) is 0 Å². The summed E-state index contributed by atoms with van der Waals surface area (Å²) in [5.74, 6) is -0.429. The van der Waals surface area contributed by atoms with E-state index in [0.29, 0.717) is 5.56 Å². The summed E-state index contributed by atoms with van der Waals surface area (Å²) in [6, 6.07) is 3.11. The number of ether oxygens (including phenoxy) is 1. The molecule has 0 aromatic heterocycles. The van der Waals surface area contributed by atoms with Gasteiger partial charge in [-0.25, -0.2) is 4.39 Å². The first kappa shape index (κ1) is 11.4. The second-order valence-electron chi connectivity index (χ2n) is 3.82. The number of nitrogen functional groups attached to an aromatic ring is 1. The highest BCUT2D eigenvalue weighted by Crippen LogP contribution is 2.32. The molecule has 0 atom stereocenters. The molecule has 2 rings (SSSR count). The maximum absolute atomic E-state index is 13.8. The van der Waals surface area contributed by atoms with Gasteiger partial charge in [0.25, 0.3) is 0 Å². The van der Waals surface area contributed by atoms with E-state index in [4.69, 9.17) is 15.9 Å². The van der Waals surface area contributed by atoms with E-state index in [1.807, 2.05) is 0 Å². The topological polar surface area (TPSA) is 59.1 Å². The molecule has 3 N–H and O–H groups in total. The van der Waals surface area contributed by atoms with Crippen LogP contribution >= 0.6 is 15.9 Å². The minimum Gasteiger partial charge on any atom is -0.487 e. The van der Waals surface area contributed by atoms with Crippen molar-refractivity contribution in [1.29, 1.82) is 5.41 Å². The van der Waals surface area contributed by atoms with Crippen LogP contribution in [-0.4, -0.2) is 11.9 Å². The molecule has 1 saturated carbocycles. The van der Waals surface area contributed by atoms with Gasteiger partial charge in [0.05, 0.1) is 10.6 Å². The second-order valence-corrected chi connectivity index (χ2v) is 4.62. The molecule has 1 aromatic carbocycles. The molecule has 0 bridgehead atoms. The number of rotatable bonds is 3. The van der Waals surface area contributed by atoms with Crippen LogP contribution in [0.25, 0.3) is 0 Å². The molecule has 0 heterocycles. The van der Waals surface area contributed by atoms with Crippen LogP contribution in [-0.2, 0) is 0 Å². The Morgan fingerprint density at radius 3 is 2.69 bits per heavy atom. The predicted molar refractivity (Wildman–Crippen MR) is 63.4 cm³/mol. The molecule has 1 fully saturated rings. The molecular formula is C11H12BrFN2O. The Labute approximate surface area is 101 Å². The van der Waals surface area contributed by atoms with Gasteiger partial charge < -0.3 is 10.5 Å². The van der Waals surface area contributed by atoms with E-state index in [1.165, 1.54) is 6.07 Å². The monoisotopic (exact) mass is 286 g/mol. The SMILES string of the molecule is N=C(N)c1ccc(OC2CCC2)c(F)c1Br. The first-order valence-corrected chi connectivity index (χ1v) is 5.88. The Kier molecular flexibility index (Phi) is 3.14. The van der Waals surface area contributed by atoms with Crippen LogP contribution in [0.4, 0.5) is 4.39 Å². The number of nitrogens with two attached hydrogens (primary N) is 1. The number of halogens is 2. The highest BCUT2D eigenvalue weighted by Gasteiger charge is 2.22. The van der Waals surface area contributed by atoms with Gasteiger partial charge in [0.15, 0.2) is 11.6 Å². The summed E-state index contributed by atoms with van der Waals surface area (Å²) in [6.45, 7) is 0. The molecule has 1 aromatic rings. The van der Waals surface area contributed by atoms with Crippen LogP contribution < -0.4 is 10.5 Å². The fraction of sp³-hybridized carbons (Fsp3) is 0.364. The van der Waals surface area contributed by atoms with E-state index in [1.54, 1.807) is 6.07 Å². The zero-order chi connectivity index (χ0) is 11.7. The van der Waals surface area contributed by atoms with Gasteiger partial charge in [0.1, 0.15) is 5.84 Å². The molecule has 0 saturated heterocycles. The Morgan fingerprint density at radius 1 is 1.50 bits per heavy atom. The van der Waals surface area contributed by atoms with Crippen molar-refractivity contribution >= 4 is 21.8 Å². The normalized spacial score (nSPS) is 15.6. The Morgan fingerprint density at radius 2 is 2.19 bits per heavy atom. The minimum atomic E-state index is -0.486. The van der Waals surface area contributed by atoms with Crippen molar-refractivity contribution in [2.24, 2.45) is 5.73 Å². The standard InChI is InChI=1S/C11H12BrFN2O/c12-9-7(11(14)15)4-5-8(10(9)13)16-6-2-1-3-6/h4-6H,1-3H2,(H3,14,15). The van der Waals surface area contributed by atoms with E-state index in [-0.39, 0.29) is 22.2 Å². The highest BCUT2D eigenvalue weighted by atomic mass is 79.9. The van der Waals surface area contributed by atoms with Crippen LogP contribution in [0, 0.1) is 11.2 Å². The van der Waals surface area contributed by atoms with Crippen molar-refractivity contribution in [2.75, 3.05) is 0 Å². The molecule has 0 amide bonds.